The quantitative estimate of drug-likeness (QED) is 0.751. The Bertz CT molecular complexity index is 896. The summed E-state index contributed by atoms with van der Waals surface area (Å²) in [6.45, 7) is 8.03. The van der Waals surface area contributed by atoms with Crippen LogP contribution in [0.4, 0.5) is 11.4 Å². The molecule has 2 heterocycles. The van der Waals surface area contributed by atoms with Gasteiger partial charge < -0.3 is 10.2 Å². The van der Waals surface area contributed by atoms with Crippen LogP contribution in [0.5, 0.6) is 0 Å². The Morgan fingerprint density at radius 1 is 1.14 bits per heavy atom. The van der Waals surface area contributed by atoms with E-state index in [4.69, 9.17) is 0 Å². The van der Waals surface area contributed by atoms with Crippen molar-refractivity contribution in [1.29, 1.82) is 5.26 Å². The molecule has 6 heteroatoms. The zero-order chi connectivity index (χ0) is 20.1. The Balaban J connectivity index is 1.60. The lowest BCUT2D eigenvalue weighted by molar-refractivity contribution is -0.113. The summed E-state index contributed by atoms with van der Waals surface area (Å²) in [5.74, 6) is 0.120. The van der Waals surface area contributed by atoms with E-state index < -0.39 is 0 Å². The van der Waals surface area contributed by atoms with Gasteiger partial charge in [0, 0.05) is 30.2 Å². The van der Waals surface area contributed by atoms with Gasteiger partial charge in [-0.15, -0.1) is 0 Å². The van der Waals surface area contributed by atoms with Crippen molar-refractivity contribution in [3.05, 3.63) is 46.6 Å². The molecule has 1 saturated heterocycles. The van der Waals surface area contributed by atoms with Gasteiger partial charge >= 0.3 is 0 Å². The summed E-state index contributed by atoms with van der Waals surface area (Å²) in [5, 5.41) is 13.0. The van der Waals surface area contributed by atoms with E-state index in [0.717, 1.165) is 35.6 Å². The highest BCUT2D eigenvalue weighted by Crippen LogP contribution is 2.27. The molecule has 0 atom stereocenters. The molecule has 1 amide bonds. The molecule has 1 N–H and O–H groups in total. The highest BCUT2D eigenvalue weighted by molar-refractivity contribution is 8.00. The van der Waals surface area contributed by atoms with Crippen LogP contribution in [0.3, 0.4) is 0 Å². The highest BCUT2D eigenvalue weighted by atomic mass is 32.2. The van der Waals surface area contributed by atoms with Gasteiger partial charge in [-0.1, -0.05) is 11.8 Å². The minimum atomic E-state index is -0.0997. The van der Waals surface area contributed by atoms with Crippen molar-refractivity contribution in [1.82, 2.24) is 4.98 Å². The normalized spacial score (nSPS) is 13.9. The molecular weight excluding hydrogens is 368 g/mol. The Labute approximate surface area is 171 Å². The molecule has 1 aromatic heterocycles. The third-order valence-corrected chi connectivity index (χ3v) is 6.26. The van der Waals surface area contributed by atoms with Gasteiger partial charge in [0.05, 0.1) is 11.3 Å². The van der Waals surface area contributed by atoms with E-state index in [1.807, 2.05) is 32.9 Å². The zero-order valence-electron chi connectivity index (χ0n) is 16.7. The van der Waals surface area contributed by atoms with Gasteiger partial charge in [0.15, 0.2) is 0 Å². The van der Waals surface area contributed by atoms with Crippen molar-refractivity contribution in [2.75, 3.05) is 29.1 Å². The fourth-order valence-electron chi connectivity index (χ4n) is 3.39. The number of carbonyl (C=O) groups is 1. The first-order valence-corrected chi connectivity index (χ1v) is 10.6. The molecule has 1 aliphatic heterocycles. The van der Waals surface area contributed by atoms with Gasteiger partial charge in [0.2, 0.25) is 5.91 Å². The largest absolute Gasteiger partial charge is 0.372 e. The number of nitrogens with one attached hydrogen (secondary N) is 1. The number of aromatic nitrogens is 1. The van der Waals surface area contributed by atoms with Crippen LogP contribution in [0.2, 0.25) is 0 Å². The van der Waals surface area contributed by atoms with Gasteiger partial charge in [0.1, 0.15) is 11.1 Å². The van der Waals surface area contributed by atoms with Crippen LogP contribution in [0.1, 0.15) is 41.6 Å². The molecule has 5 nitrogen and oxygen atoms in total. The van der Waals surface area contributed by atoms with E-state index in [1.165, 1.54) is 36.7 Å². The van der Waals surface area contributed by atoms with Gasteiger partial charge in [-0.25, -0.2) is 4.98 Å². The first-order chi connectivity index (χ1) is 13.5. The maximum absolute atomic E-state index is 12.4. The number of aryl methyl sites for hydroxylation is 1. The van der Waals surface area contributed by atoms with Gasteiger partial charge in [-0.3, -0.25) is 4.79 Å². The Morgan fingerprint density at radius 2 is 1.82 bits per heavy atom. The predicted octanol–water partition coefficient (Wildman–Crippen LogP) is 4.60. The molecule has 0 bridgehead atoms. The van der Waals surface area contributed by atoms with E-state index in [0.29, 0.717) is 10.6 Å². The predicted molar refractivity (Wildman–Crippen MR) is 115 cm³/mol. The molecule has 0 saturated carbocycles. The molecule has 0 spiro atoms. The molecule has 1 aliphatic rings. The summed E-state index contributed by atoms with van der Waals surface area (Å²) < 4.78 is 0. The maximum Gasteiger partial charge on any atom is 0.234 e. The summed E-state index contributed by atoms with van der Waals surface area (Å²) >= 11 is 1.31. The summed E-state index contributed by atoms with van der Waals surface area (Å²) in [7, 11) is 0. The van der Waals surface area contributed by atoms with Crippen molar-refractivity contribution < 1.29 is 4.79 Å². The van der Waals surface area contributed by atoms with Crippen molar-refractivity contribution in [3.63, 3.8) is 0 Å². The molecule has 0 radical (unpaired) electrons. The molecular formula is C22H26N4OS. The first kappa shape index (κ1) is 20.2. The number of nitrogens with zero attached hydrogens (tertiary/aromatic N) is 3. The second-order valence-electron chi connectivity index (χ2n) is 7.17. The highest BCUT2D eigenvalue weighted by Gasteiger charge is 2.15. The monoisotopic (exact) mass is 394 g/mol. The number of anilines is 2. The number of rotatable bonds is 5. The number of hydrogen-bond acceptors (Lipinski definition) is 5. The molecule has 0 aliphatic carbocycles. The molecule has 146 valence electrons. The van der Waals surface area contributed by atoms with Crippen LogP contribution >= 0.6 is 11.8 Å². The topological polar surface area (TPSA) is 69.0 Å². The van der Waals surface area contributed by atoms with Crippen LogP contribution in [-0.4, -0.2) is 29.7 Å². The van der Waals surface area contributed by atoms with Gasteiger partial charge in [-0.05, 0) is 75.4 Å². The molecule has 0 unspecified atom stereocenters. The standard InChI is InChI=1S/C22H26N4OS/c1-15-16(2)20(13-23)22(24-17(15)3)28-14-21(27)25-18-7-9-19(10-8-18)26-11-5-4-6-12-26/h7-10H,4-6,11-12,14H2,1-3H3,(H,25,27). The van der Waals surface area contributed by atoms with Crippen LogP contribution in [0.25, 0.3) is 0 Å². The molecule has 28 heavy (non-hydrogen) atoms. The lowest BCUT2D eigenvalue weighted by Gasteiger charge is -2.28. The van der Waals surface area contributed by atoms with Gasteiger partial charge in [-0.2, -0.15) is 5.26 Å². The maximum atomic E-state index is 12.4. The number of nitriles is 1. The van der Waals surface area contributed by atoms with Crippen molar-refractivity contribution in [2.45, 2.75) is 45.1 Å². The summed E-state index contributed by atoms with van der Waals surface area (Å²) in [6, 6.07) is 10.3. The fourth-order valence-corrected chi connectivity index (χ4v) is 4.27. The van der Waals surface area contributed by atoms with Crippen LogP contribution < -0.4 is 10.2 Å². The minimum absolute atomic E-state index is 0.0997. The van der Waals surface area contributed by atoms with Crippen LogP contribution in [0.15, 0.2) is 29.3 Å². The lowest BCUT2D eigenvalue weighted by atomic mass is 10.1. The van der Waals surface area contributed by atoms with Crippen molar-refractivity contribution in [2.24, 2.45) is 0 Å². The van der Waals surface area contributed by atoms with Crippen LogP contribution in [-0.2, 0) is 4.79 Å². The first-order valence-electron chi connectivity index (χ1n) is 9.65. The number of hydrogen-bond donors (Lipinski definition) is 1. The SMILES string of the molecule is Cc1nc(SCC(=O)Nc2ccc(N3CCCCC3)cc2)c(C#N)c(C)c1C. The molecule has 3 rings (SSSR count). The number of thioether (sulfide) groups is 1. The molecule has 1 aromatic carbocycles. The third-order valence-electron chi connectivity index (χ3n) is 5.29. The Kier molecular flexibility index (Phi) is 6.58. The number of amides is 1. The van der Waals surface area contributed by atoms with Crippen LogP contribution in [0, 0.1) is 32.1 Å². The zero-order valence-corrected chi connectivity index (χ0v) is 17.5. The second-order valence-corrected chi connectivity index (χ2v) is 8.13. The average Bonchev–Trinajstić information content (AvgIpc) is 2.72. The second kappa shape index (κ2) is 9.11. The van der Waals surface area contributed by atoms with E-state index >= 15 is 0 Å². The Hall–Kier alpha value is -2.52. The Morgan fingerprint density at radius 3 is 2.46 bits per heavy atom. The number of piperidine rings is 1. The van der Waals surface area contributed by atoms with Crippen molar-refractivity contribution in [3.8, 4) is 6.07 Å². The van der Waals surface area contributed by atoms with E-state index in [9.17, 15) is 10.1 Å². The smallest absolute Gasteiger partial charge is 0.234 e. The number of benzene rings is 1. The summed E-state index contributed by atoms with van der Waals surface area (Å²) in [6.07, 6.45) is 3.80. The number of carbonyl (C=O) groups excluding carboxylic acids is 1. The minimum Gasteiger partial charge on any atom is -0.372 e. The van der Waals surface area contributed by atoms with Gasteiger partial charge in [0.25, 0.3) is 0 Å². The fraction of sp³-hybridized carbons (Fsp3) is 0.409. The lowest BCUT2D eigenvalue weighted by Crippen LogP contribution is -2.29. The summed E-state index contributed by atoms with van der Waals surface area (Å²) in [4.78, 5) is 19.2. The third kappa shape index (κ3) is 4.66. The number of pyridine rings is 1. The molecule has 1 fully saturated rings. The average molecular weight is 395 g/mol. The molecule has 2 aromatic rings. The van der Waals surface area contributed by atoms with E-state index in [-0.39, 0.29) is 11.7 Å². The van der Waals surface area contributed by atoms with E-state index in [1.54, 1.807) is 0 Å². The van der Waals surface area contributed by atoms with E-state index in [2.05, 4.69) is 33.4 Å². The summed E-state index contributed by atoms with van der Waals surface area (Å²) in [5.41, 5.74) is 5.42. The van der Waals surface area contributed by atoms with Crippen molar-refractivity contribution >= 4 is 29.0 Å².